The summed E-state index contributed by atoms with van der Waals surface area (Å²) in [6, 6.07) is 0. The summed E-state index contributed by atoms with van der Waals surface area (Å²) in [5, 5.41) is 3.02. The Morgan fingerprint density at radius 3 is 1.95 bits per heavy atom. The highest BCUT2D eigenvalue weighted by Crippen LogP contribution is 2.08. The molecule has 0 spiro atoms. The van der Waals surface area contributed by atoms with Gasteiger partial charge >= 0.3 is 0 Å². The fourth-order valence-electron chi connectivity index (χ4n) is 2.41. The lowest BCUT2D eigenvalue weighted by atomic mass is 10.1. The van der Waals surface area contributed by atoms with Crippen molar-refractivity contribution in [3.8, 4) is 0 Å². The van der Waals surface area contributed by atoms with E-state index >= 15 is 0 Å². The molecular weight excluding hydrogens is 258 g/mol. The van der Waals surface area contributed by atoms with Gasteiger partial charge in [0.15, 0.2) is 0 Å². The zero-order chi connectivity index (χ0) is 15.8. The summed E-state index contributed by atoms with van der Waals surface area (Å²) in [7, 11) is 0. The highest BCUT2D eigenvalue weighted by atomic mass is 16.1. The lowest BCUT2D eigenvalue weighted by Crippen LogP contribution is -2.25. The summed E-state index contributed by atoms with van der Waals surface area (Å²) in [6.45, 7) is 7.22. The van der Waals surface area contributed by atoms with Crippen LogP contribution in [0.4, 0.5) is 0 Å². The van der Waals surface area contributed by atoms with E-state index in [1.807, 2.05) is 6.92 Å². The van der Waals surface area contributed by atoms with E-state index in [9.17, 15) is 4.79 Å². The molecule has 0 rings (SSSR count). The van der Waals surface area contributed by atoms with Crippen LogP contribution in [0.15, 0.2) is 11.6 Å². The molecule has 0 aliphatic carbocycles. The molecule has 1 amide bonds. The van der Waals surface area contributed by atoms with Crippen LogP contribution in [0.2, 0.25) is 0 Å². The van der Waals surface area contributed by atoms with Crippen LogP contribution in [0.25, 0.3) is 0 Å². The van der Waals surface area contributed by atoms with Gasteiger partial charge < -0.3 is 5.32 Å². The third kappa shape index (κ3) is 13.9. The van der Waals surface area contributed by atoms with Gasteiger partial charge in [-0.15, -0.1) is 0 Å². The van der Waals surface area contributed by atoms with E-state index in [0.29, 0.717) is 0 Å². The third-order valence-corrected chi connectivity index (χ3v) is 3.93. The molecule has 124 valence electrons. The summed E-state index contributed by atoms with van der Waals surface area (Å²) in [6.07, 6.45) is 17.2. The molecule has 0 unspecified atom stereocenters. The van der Waals surface area contributed by atoms with Crippen molar-refractivity contribution in [2.75, 3.05) is 6.54 Å². The summed E-state index contributed by atoms with van der Waals surface area (Å²) in [5.41, 5.74) is 0.886. The number of carbonyl (C=O) groups excluding carboxylic acids is 1. The van der Waals surface area contributed by atoms with Crippen molar-refractivity contribution < 1.29 is 4.79 Å². The molecule has 0 saturated carbocycles. The van der Waals surface area contributed by atoms with Gasteiger partial charge in [0.1, 0.15) is 0 Å². The first-order valence-electron chi connectivity index (χ1n) is 9.17. The highest BCUT2D eigenvalue weighted by Gasteiger charge is 2.02. The van der Waals surface area contributed by atoms with Crippen molar-refractivity contribution in [3.63, 3.8) is 0 Å². The summed E-state index contributed by atoms with van der Waals surface area (Å²) in [4.78, 5) is 11.9. The Balaban J connectivity index is 3.52. The second kappa shape index (κ2) is 15.6. The van der Waals surface area contributed by atoms with E-state index in [4.69, 9.17) is 0 Å². The van der Waals surface area contributed by atoms with Crippen molar-refractivity contribution in [2.24, 2.45) is 0 Å². The summed E-state index contributed by atoms with van der Waals surface area (Å²) < 4.78 is 0. The molecule has 0 aromatic carbocycles. The lowest BCUT2D eigenvalue weighted by Gasteiger charge is -2.05. The number of hydrogen-bond acceptors (Lipinski definition) is 1. The second-order valence-corrected chi connectivity index (χ2v) is 6.11. The molecule has 0 aromatic rings. The maximum Gasteiger partial charge on any atom is 0.246 e. The van der Waals surface area contributed by atoms with Gasteiger partial charge in [-0.2, -0.15) is 0 Å². The zero-order valence-electron chi connectivity index (χ0n) is 14.7. The first-order valence-corrected chi connectivity index (χ1v) is 9.17. The maximum atomic E-state index is 11.9. The van der Waals surface area contributed by atoms with Gasteiger partial charge in [0.2, 0.25) is 5.91 Å². The van der Waals surface area contributed by atoms with Gasteiger partial charge in [0.25, 0.3) is 0 Å². The van der Waals surface area contributed by atoms with Gasteiger partial charge in [0, 0.05) is 12.1 Å². The van der Waals surface area contributed by atoms with Crippen LogP contribution in [0.5, 0.6) is 0 Å². The Labute approximate surface area is 132 Å². The van der Waals surface area contributed by atoms with Gasteiger partial charge in [0.05, 0.1) is 0 Å². The zero-order valence-corrected chi connectivity index (χ0v) is 14.7. The molecule has 0 radical (unpaired) electrons. The molecule has 0 bridgehead atoms. The van der Waals surface area contributed by atoms with E-state index in [1.54, 1.807) is 0 Å². The average molecular weight is 296 g/mol. The predicted octanol–water partition coefficient (Wildman–Crippen LogP) is 5.77. The SMILES string of the molecule is CCCCCCCC/C=C(\C)C(=O)NCCCCCCC. The first kappa shape index (κ1) is 20.2. The van der Waals surface area contributed by atoms with Crippen LogP contribution < -0.4 is 5.32 Å². The predicted molar refractivity (Wildman–Crippen MR) is 93.5 cm³/mol. The Kier molecular flexibility index (Phi) is 15.0. The van der Waals surface area contributed by atoms with E-state index < -0.39 is 0 Å². The molecule has 2 heteroatoms. The fraction of sp³-hybridized carbons (Fsp3) is 0.842. The monoisotopic (exact) mass is 295 g/mol. The van der Waals surface area contributed by atoms with Crippen LogP contribution in [0.1, 0.15) is 97.8 Å². The summed E-state index contributed by atoms with van der Waals surface area (Å²) in [5.74, 6) is 0.122. The second-order valence-electron chi connectivity index (χ2n) is 6.11. The molecular formula is C19H37NO. The number of rotatable bonds is 14. The Morgan fingerprint density at radius 1 is 0.810 bits per heavy atom. The molecule has 1 N–H and O–H groups in total. The molecule has 0 aliphatic heterocycles. The van der Waals surface area contributed by atoms with E-state index in [1.165, 1.54) is 64.2 Å². The standard InChI is InChI=1S/C19H37NO/c1-4-6-8-10-11-12-14-16-18(3)19(21)20-17-15-13-9-7-5-2/h16H,4-15,17H2,1-3H3,(H,20,21)/b18-16+. The van der Waals surface area contributed by atoms with Crippen LogP contribution in [-0.4, -0.2) is 12.5 Å². The van der Waals surface area contributed by atoms with Crippen molar-refractivity contribution in [3.05, 3.63) is 11.6 Å². The number of hydrogen-bond donors (Lipinski definition) is 1. The quantitative estimate of drug-likeness (QED) is 0.320. The van der Waals surface area contributed by atoms with E-state index in [-0.39, 0.29) is 5.91 Å². The van der Waals surface area contributed by atoms with Crippen LogP contribution in [0, 0.1) is 0 Å². The first-order chi connectivity index (χ1) is 10.2. The third-order valence-electron chi connectivity index (χ3n) is 3.93. The minimum Gasteiger partial charge on any atom is -0.352 e. The minimum atomic E-state index is 0.122. The molecule has 0 fully saturated rings. The molecule has 0 aliphatic rings. The van der Waals surface area contributed by atoms with Crippen molar-refractivity contribution in [1.82, 2.24) is 5.32 Å². The lowest BCUT2D eigenvalue weighted by molar-refractivity contribution is -0.117. The van der Waals surface area contributed by atoms with Crippen LogP contribution in [-0.2, 0) is 4.79 Å². The fourth-order valence-corrected chi connectivity index (χ4v) is 2.41. The number of amides is 1. The number of unbranched alkanes of at least 4 members (excludes halogenated alkanes) is 10. The molecule has 2 nitrogen and oxygen atoms in total. The normalized spacial score (nSPS) is 11.7. The van der Waals surface area contributed by atoms with Crippen LogP contribution >= 0.6 is 0 Å². The molecule has 0 heterocycles. The highest BCUT2D eigenvalue weighted by molar-refractivity contribution is 5.92. The Hall–Kier alpha value is -0.790. The van der Waals surface area contributed by atoms with Gasteiger partial charge in [-0.1, -0.05) is 77.7 Å². The Morgan fingerprint density at radius 2 is 1.33 bits per heavy atom. The molecule has 0 saturated heterocycles. The van der Waals surface area contributed by atoms with Gasteiger partial charge in [-0.25, -0.2) is 0 Å². The van der Waals surface area contributed by atoms with E-state index in [0.717, 1.165) is 25.0 Å². The Bertz CT molecular complexity index is 271. The van der Waals surface area contributed by atoms with Gasteiger partial charge in [-0.05, 0) is 26.2 Å². The minimum absolute atomic E-state index is 0.122. The average Bonchev–Trinajstić information content (AvgIpc) is 2.49. The van der Waals surface area contributed by atoms with Gasteiger partial charge in [-0.3, -0.25) is 4.79 Å². The maximum absolute atomic E-state index is 11.9. The van der Waals surface area contributed by atoms with Crippen molar-refractivity contribution >= 4 is 5.91 Å². The van der Waals surface area contributed by atoms with Crippen molar-refractivity contribution in [1.29, 1.82) is 0 Å². The van der Waals surface area contributed by atoms with E-state index in [2.05, 4.69) is 25.2 Å². The largest absolute Gasteiger partial charge is 0.352 e. The number of allylic oxidation sites excluding steroid dienone is 1. The summed E-state index contributed by atoms with van der Waals surface area (Å²) >= 11 is 0. The topological polar surface area (TPSA) is 29.1 Å². The molecule has 0 aromatic heterocycles. The van der Waals surface area contributed by atoms with Crippen molar-refractivity contribution in [2.45, 2.75) is 97.8 Å². The smallest absolute Gasteiger partial charge is 0.246 e. The van der Waals surface area contributed by atoms with Crippen LogP contribution in [0.3, 0.4) is 0 Å². The molecule has 21 heavy (non-hydrogen) atoms. The molecule has 0 atom stereocenters. The number of carbonyl (C=O) groups is 1. The number of nitrogens with one attached hydrogen (secondary N) is 1.